The summed E-state index contributed by atoms with van der Waals surface area (Å²) in [4.78, 5) is 25.8. The molecule has 1 saturated heterocycles. The van der Waals surface area contributed by atoms with Crippen LogP contribution in [0.15, 0.2) is 42.7 Å². The molecule has 8 nitrogen and oxygen atoms in total. The minimum atomic E-state index is -0.531. The summed E-state index contributed by atoms with van der Waals surface area (Å²) < 4.78 is 12.5. The summed E-state index contributed by atoms with van der Waals surface area (Å²) in [5.74, 6) is 0. The van der Waals surface area contributed by atoms with Crippen molar-refractivity contribution in [3.63, 3.8) is 0 Å². The molecular weight excluding hydrogens is 372 g/mol. The Morgan fingerprint density at radius 3 is 2.69 bits per heavy atom. The van der Waals surface area contributed by atoms with Crippen LogP contribution in [0.3, 0.4) is 0 Å². The highest BCUT2D eigenvalue weighted by atomic mass is 16.6. The highest BCUT2D eigenvalue weighted by Crippen LogP contribution is 2.22. The average Bonchev–Trinajstić information content (AvgIpc) is 3.33. The van der Waals surface area contributed by atoms with E-state index in [1.807, 2.05) is 62.0 Å². The number of benzene rings is 1. The maximum Gasteiger partial charge on any atom is 0.410 e. The van der Waals surface area contributed by atoms with Crippen LogP contribution in [0.25, 0.3) is 0 Å². The fourth-order valence-corrected chi connectivity index (χ4v) is 3.09. The Morgan fingerprint density at radius 1 is 1.21 bits per heavy atom. The Balaban J connectivity index is 1.45. The van der Waals surface area contributed by atoms with Crippen LogP contribution < -0.4 is 5.32 Å². The predicted octanol–water partition coefficient (Wildman–Crippen LogP) is 3.49. The first-order valence-corrected chi connectivity index (χ1v) is 9.76. The van der Waals surface area contributed by atoms with Crippen LogP contribution in [-0.4, -0.2) is 45.6 Å². The first kappa shape index (κ1) is 20.7. The van der Waals surface area contributed by atoms with Crippen molar-refractivity contribution < 1.29 is 19.1 Å². The molecule has 1 unspecified atom stereocenters. The molecule has 0 radical (unpaired) electrons. The molecular formula is C21H28N4O4. The smallest absolute Gasteiger partial charge is 0.410 e. The van der Waals surface area contributed by atoms with Crippen LogP contribution in [0.1, 0.15) is 44.4 Å². The number of hydrogen-bond acceptors (Lipinski definition) is 5. The van der Waals surface area contributed by atoms with E-state index in [9.17, 15) is 9.59 Å². The van der Waals surface area contributed by atoms with Crippen molar-refractivity contribution in [3.05, 3.63) is 53.9 Å². The molecule has 1 fully saturated rings. The number of carbonyl (C=O) groups excluding carboxylic acids is 2. The fourth-order valence-electron chi connectivity index (χ4n) is 3.09. The van der Waals surface area contributed by atoms with E-state index in [0.717, 1.165) is 17.5 Å². The largest absolute Gasteiger partial charge is 0.445 e. The van der Waals surface area contributed by atoms with E-state index in [2.05, 4.69) is 10.4 Å². The number of alkyl carbamates (subject to hydrolysis) is 1. The van der Waals surface area contributed by atoms with Crippen molar-refractivity contribution in [2.75, 3.05) is 13.1 Å². The van der Waals surface area contributed by atoms with Gasteiger partial charge in [-0.2, -0.15) is 5.10 Å². The summed E-state index contributed by atoms with van der Waals surface area (Å²) in [6.45, 7) is 7.25. The third-order valence-electron chi connectivity index (χ3n) is 4.49. The average molecular weight is 400 g/mol. The van der Waals surface area contributed by atoms with Gasteiger partial charge in [0, 0.05) is 31.4 Å². The van der Waals surface area contributed by atoms with Crippen LogP contribution in [0, 0.1) is 0 Å². The van der Waals surface area contributed by atoms with Gasteiger partial charge in [0.15, 0.2) is 0 Å². The lowest BCUT2D eigenvalue weighted by atomic mass is 10.2. The molecule has 1 atom stereocenters. The lowest BCUT2D eigenvalue weighted by molar-refractivity contribution is 0.0523. The molecule has 1 aliphatic rings. The Kier molecular flexibility index (Phi) is 6.41. The quantitative estimate of drug-likeness (QED) is 0.830. The van der Waals surface area contributed by atoms with Gasteiger partial charge in [-0.15, -0.1) is 0 Å². The number of rotatable bonds is 5. The summed E-state index contributed by atoms with van der Waals surface area (Å²) >= 11 is 0. The number of ether oxygens (including phenoxy) is 2. The molecule has 0 spiro atoms. The number of hydrogen-bond donors (Lipinski definition) is 1. The predicted molar refractivity (Wildman–Crippen MR) is 107 cm³/mol. The van der Waals surface area contributed by atoms with Crippen LogP contribution in [0.2, 0.25) is 0 Å². The number of likely N-dealkylation sites (tertiary alicyclic amines) is 1. The molecule has 1 aromatic heterocycles. The van der Waals surface area contributed by atoms with Crippen molar-refractivity contribution in [2.45, 2.75) is 52.0 Å². The highest BCUT2D eigenvalue weighted by Gasteiger charge is 2.29. The van der Waals surface area contributed by atoms with E-state index < -0.39 is 11.7 Å². The number of carbonyl (C=O) groups is 2. The van der Waals surface area contributed by atoms with Crippen molar-refractivity contribution in [1.29, 1.82) is 0 Å². The standard InChI is InChI=1S/C21H28N4O4/c1-21(2,3)29-19(26)22-11-17-12-23-25(13-17)18-9-10-24(14-18)20(27)28-15-16-7-5-4-6-8-16/h4-8,12-13,18H,9-11,14-15H2,1-3H3,(H,22,26). The summed E-state index contributed by atoms with van der Waals surface area (Å²) in [5.41, 5.74) is 1.31. The number of nitrogens with zero attached hydrogens (tertiary/aromatic N) is 3. The SMILES string of the molecule is CC(C)(C)OC(=O)NCc1cnn(C2CCN(C(=O)OCc3ccccc3)C2)c1. The molecule has 29 heavy (non-hydrogen) atoms. The third-order valence-corrected chi connectivity index (χ3v) is 4.49. The van der Waals surface area contributed by atoms with Gasteiger partial charge in [-0.05, 0) is 32.8 Å². The molecule has 8 heteroatoms. The number of amides is 2. The van der Waals surface area contributed by atoms with Crippen molar-refractivity contribution >= 4 is 12.2 Å². The molecule has 0 aliphatic carbocycles. The topological polar surface area (TPSA) is 85.7 Å². The van der Waals surface area contributed by atoms with E-state index in [4.69, 9.17) is 9.47 Å². The summed E-state index contributed by atoms with van der Waals surface area (Å²) in [5, 5.41) is 7.10. The molecule has 0 bridgehead atoms. The molecule has 0 saturated carbocycles. The zero-order chi connectivity index (χ0) is 20.9. The monoisotopic (exact) mass is 400 g/mol. The van der Waals surface area contributed by atoms with E-state index in [1.54, 1.807) is 11.1 Å². The highest BCUT2D eigenvalue weighted by molar-refractivity contribution is 5.68. The molecule has 156 valence electrons. The minimum Gasteiger partial charge on any atom is -0.445 e. The first-order valence-electron chi connectivity index (χ1n) is 9.76. The molecule has 3 rings (SSSR count). The van der Waals surface area contributed by atoms with Crippen molar-refractivity contribution in [3.8, 4) is 0 Å². The van der Waals surface area contributed by atoms with Gasteiger partial charge in [0.25, 0.3) is 0 Å². The Morgan fingerprint density at radius 2 is 1.97 bits per heavy atom. The Hall–Kier alpha value is -3.03. The number of aromatic nitrogens is 2. The van der Waals surface area contributed by atoms with Crippen LogP contribution >= 0.6 is 0 Å². The number of nitrogens with one attached hydrogen (secondary N) is 1. The summed E-state index contributed by atoms with van der Waals surface area (Å²) in [7, 11) is 0. The van der Waals surface area contributed by atoms with Gasteiger partial charge in [-0.3, -0.25) is 4.68 Å². The maximum absolute atomic E-state index is 12.3. The maximum atomic E-state index is 12.3. The molecule has 1 N–H and O–H groups in total. The van der Waals surface area contributed by atoms with Gasteiger partial charge >= 0.3 is 12.2 Å². The molecule has 2 amide bonds. The Labute approximate surface area is 170 Å². The zero-order valence-electron chi connectivity index (χ0n) is 17.1. The first-order chi connectivity index (χ1) is 13.8. The summed E-state index contributed by atoms with van der Waals surface area (Å²) in [6.07, 6.45) is 3.64. The Bertz CT molecular complexity index is 829. The fraction of sp³-hybridized carbons (Fsp3) is 0.476. The van der Waals surface area contributed by atoms with Gasteiger partial charge in [-0.1, -0.05) is 30.3 Å². The van der Waals surface area contributed by atoms with Gasteiger partial charge in [0.2, 0.25) is 0 Å². The zero-order valence-corrected chi connectivity index (χ0v) is 17.1. The van der Waals surface area contributed by atoms with E-state index >= 15 is 0 Å². The summed E-state index contributed by atoms with van der Waals surface area (Å²) in [6, 6.07) is 9.71. The van der Waals surface area contributed by atoms with Crippen molar-refractivity contribution in [2.24, 2.45) is 0 Å². The molecule has 1 aliphatic heterocycles. The van der Waals surface area contributed by atoms with E-state index in [-0.39, 0.29) is 18.7 Å². The second kappa shape index (κ2) is 8.98. The minimum absolute atomic E-state index is 0.0922. The van der Waals surface area contributed by atoms with Crippen LogP contribution in [0.4, 0.5) is 9.59 Å². The third kappa shape index (κ3) is 6.23. The van der Waals surface area contributed by atoms with Gasteiger partial charge in [0.05, 0.1) is 12.2 Å². The lowest BCUT2D eigenvalue weighted by Crippen LogP contribution is -2.32. The normalized spacial score (nSPS) is 16.5. The van der Waals surface area contributed by atoms with E-state index in [1.165, 1.54) is 0 Å². The van der Waals surface area contributed by atoms with E-state index in [0.29, 0.717) is 19.6 Å². The second-order valence-corrected chi connectivity index (χ2v) is 8.11. The van der Waals surface area contributed by atoms with Gasteiger partial charge < -0.3 is 19.7 Å². The lowest BCUT2D eigenvalue weighted by Gasteiger charge is -2.19. The van der Waals surface area contributed by atoms with Crippen molar-refractivity contribution in [1.82, 2.24) is 20.0 Å². The van der Waals surface area contributed by atoms with Crippen LogP contribution in [-0.2, 0) is 22.6 Å². The second-order valence-electron chi connectivity index (χ2n) is 8.11. The molecule has 1 aromatic carbocycles. The van der Waals surface area contributed by atoms with Gasteiger partial charge in [-0.25, -0.2) is 9.59 Å². The van der Waals surface area contributed by atoms with Gasteiger partial charge in [0.1, 0.15) is 12.2 Å². The van der Waals surface area contributed by atoms with Crippen LogP contribution in [0.5, 0.6) is 0 Å². The molecule has 2 aromatic rings. The molecule has 2 heterocycles.